The molecule has 3 aliphatic rings. The third-order valence-corrected chi connectivity index (χ3v) is 2.92. The van der Waals surface area contributed by atoms with Gasteiger partial charge >= 0.3 is 0 Å². The van der Waals surface area contributed by atoms with E-state index >= 15 is 0 Å². The molecule has 3 saturated carbocycles. The molecule has 1 nitrogen and oxygen atoms in total. The molecule has 0 unspecified atom stereocenters. The Morgan fingerprint density at radius 3 is 2.33 bits per heavy atom. The molecule has 0 saturated heterocycles. The predicted octanol–water partition coefficient (Wildman–Crippen LogP) is 1.57. The smallest absolute Gasteiger partial charge is 0.0183 e. The van der Waals surface area contributed by atoms with E-state index in [9.17, 15) is 0 Å². The molecule has 0 heterocycles. The topological polar surface area (TPSA) is 12.0 Å². The fraction of sp³-hybridized carbons (Fsp3) is 1.00. The molecule has 0 spiro atoms. The van der Waals surface area contributed by atoms with Crippen LogP contribution in [-0.4, -0.2) is 12.6 Å². The van der Waals surface area contributed by atoms with Gasteiger partial charge in [-0.25, -0.2) is 0 Å². The highest BCUT2D eigenvalue weighted by molar-refractivity contribution is 5.85. The van der Waals surface area contributed by atoms with Gasteiger partial charge in [-0.3, -0.25) is 0 Å². The van der Waals surface area contributed by atoms with Crippen molar-refractivity contribution < 1.29 is 0 Å². The van der Waals surface area contributed by atoms with Gasteiger partial charge in [0.15, 0.2) is 0 Å². The molecule has 3 aliphatic carbocycles. The van der Waals surface area contributed by atoms with Crippen LogP contribution in [0.15, 0.2) is 0 Å². The molecule has 0 aromatic rings. The Labute approximate surface area is 62.6 Å². The van der Waals surface area contributed by atoms with Gasteiger partial charge in [-0.15, -0.1) is 12.4 Å². The lowest BCUT2D eigenvalue weighted by Gasteiger charge is -2.38. The van der Waals surface area contributed by atoms with Crippen molar-refractivity contribution in [2.45, 2.75) is 31.2 Å². The Hall–Kier alpha value is 0.250. The Balaban J connectivity index is 0.000000405. The Bertz CT molecular complexity index is 102. The van der Waals surface area contributed by atoms with E-state index in [2.05, 4.69) is 12.4 Å². The lowest BCUT2D eigenvalue weighted by Crippen LogP contribution is -2.46. The number of nitrogens with one attached hydrogen (secondary N) is 1. The molecule has 0 aromatic heterocycles. The zero-order chi connectivity index (χ0) is 5.61. The van der Waals surface area contributed by atoms with E-state index in [4.69, 9.17) is 0 Å². The summed E-state index contributed by atoms with van der Waals surface area (Å²) >= 11 is 0. The highest BCUT2D eigenvalue weighted by Gasteiger charge is 2.48. The summed E-state index contributed by atoms with van der Waals surface area (Å²) < 4.78 is 0. The quantitative estimate of drug-likeness (QED) is 0.594. The van der Waals surface area contributed by atoms with Gasteiger partial charge in [0, 0.05) is 5.54 Å². The van der Waals surface area contributed by atoms with Gasteiger partial charge in [0.25, 0.3) is 0 Å². The van der Waals surface area contributed by atoms with Gasteiger partial charge in [-0.2, -0.15) is 0 Å². The number of halogens is 1. The fourth-order valence-electron chi connectivity index (χ4n) is 2.26. The molecule has 3 rings (SSSR count). The SMILES string of the molecule is CNC12CCC(C1)C2.Cl. The van der Waals surface area contributed by atoms with Crippen LogP contribution in [0.2, 0.25) is 0 Å². The van der Waals surface area contributed by atoms with Crippen molar-refractivity contribution in [3.05, 3.63) is 0 Å². The largest absolute Gasteiger partial charge is 0.314 e. The molecule has 0 aliphatic heterocycles. The number of hydrogen-bond donors (Lipinski definition) is 1. The van der Waals surface area contributed by atoms with Gasteiger partial charge in [0.1, 0.15) is 0 Å². The summed E-state index contributed by atoms with van der Waals surface area (Å²) in [4.78, 5) is 0. The molecule has 0 radical (unpaired) electrons. The van der Waals surface area contributed by atoms with Crippen molar-refractivity contribution in [3.63, 3.8) is 0 Å². The first kappa shape index (κ1) is 7.36. The third-order valence-electron chi connectivity index (χ3n) is 2.92. The minimum absolute atomic E-state index is 0. The van der Waals surface area contributed by atoms with Crippen molar-refractivity contribution in [2.24, 2.45) is 5.92 Å². The third kappa shape index (κ3) is 0.870. The highest BCUT2D eigenvalue weighted by atomic mass is 35.5. The second kappa shape index (κ2) is 2.14. The molecule has 0 atom stereocenters. The van der Waals surface area contributed by atoms with Gasteiger partial charge in [0.2, 0.25) is 0 Å². The van der Waals surface area contributed by atoms with Crippen LogP contribution in [0.4, 0.5) is 0 Å². The average Bonchev–Trinajstić information content (AvgIpc) is 2.17. The van der Waals surface area contributed by atoms with Crippen molar-refractivity contribution in [2.75, 3.05) is 7.05 Å². The minimum Gasteiger partial charge on any atom is -0.314 e. The lowest BCUT2D eigenvalue weighted by molar-refractivity contribution is 0.204. The van der Waals surface area contributed by atoms with Gasteiger partial charge in [0.05, 0.1) is 0 Å². The van der Waals surface area contributed by atoms with E-state index in [-0.39, 0.29) is 12.4 Å². The van der Waals surface area contributed by atoms with Crippen molar-refractivity contribution >= 4 is 12.4 Å². The number of rotatable bonds is 1. The number of fused-ring (bicyclic) bond motifs is 1. The second-order valence-electron chi connectivity index (χ2n) is 3.34. The molecule has 0 amide bonds. The Morgan fingerprint density at radius 2 is 2.11 bits per heavy atom. The maximum absolute atomic E-state index is 3.41. The standard InChI is InChI=1S/C7H13N.ClH/c1-8-7-3-2-6(4-7)5-7;/h6,8H,2-5H2,1H3;1H. The van der Waals surface area contributed by atoms with E-state index in [1.807, 2.05) is 0 Å². The average molecular weight is 148 g/mol. The van der Waals surface area contributed by atoms with E-state index < -0.39 is 0 Å². The zero-order valence-corrected chi connectivity index (χ0v) is 6.63. The summed E-state index contributed by atoms with van der Waals surface area (Å²) in [7, 11) is 2.10. The molecule has 2 heteroatoms. The summed E-state index contributed by atoms with van der Waals surface area (Å²) in [5, 5.41) is 3.41. The van der Waals surface area contributed by atoms with Gasteiger partial charge in [-0.05, 0) is 38.6 Å². The van der Waals surface area contributed by atoms with Crippen molar-refractivity contribution in [1.82, 2.24) is 5.32 Å². The molecular weight excluding hydrogens is 134 g/mol. The fourth-order valence-corrected chi connectivity index (χ4v) is 2.26. The minimum atomic E-state index is 0. The molecule has 9 heavy (non-hydrogen) atoms. The van der Waals surface area contributed by atoms with Crippen LogP contribution < -0.4 is 5.32 Å². The van der Waals surface area contributed by atoms with E-state index in [1.165, 1.54) is 25.7 Å². The molecule has 0 aromatic carbocycles. The monoisotopic (exact) mass is 147 g/mol. The van der Waals surface area contributed by atoms with Gasteiger partial charge in [-0.1, -0.05) is 0 Å². The lowest BCUT2D eigenvalue weighted by atomic mass is 9.77. The Kier molecular flexibility index (Phi) is 1.75. The van der Waals surface area contributed by atoms with Gasteiger partial charge < -0.3 is 5.32 Å². The predicted molar refractivity (Wildman–Crippen MR) is 41.0 cm³/mol. The second-order valence-corrected chi connectivity index (χ2v) is 3.34. The summed E-state index contributed by atoms with van der Waals surface area (Å²) in [6.45, 7) is 0. The molecular formula is C7H14ClN. The van der Waals surface area contributed by atoms with Crippen LogP contribution >= 0.6 is 12.4 Å². The van der Waals surface area contributed by atoms with Crippen LogP contribution in [0.5, 0.6) is 0 Å². The molecule has 2 bridgehead atoms. The summed E-state index contributed by atoms with van der Waals surface area (Å²) in [6.07, 6.45) is 5.85. The van der Waals surface area contributed by atoms with E-state index in [1.54, 1.807) is 0 Å². The summed E-state index contributed by atoms with van der Waals surface area (Å²) in [5.74, 6) is 1.10. The van der Waals surface area contributed by atoms with E-state index in [0.717, 1.165) is 5.92 Å². The van der Waals surface area contributed by atoms with E-state index in [0.29, 0.717) is 5.54 Å². The van der Waals surface area contributed by atoms with Crippen LogP contribution in [0.25, 0.3) is 0 Å². The van der Waals surface area contributed by atoms with Crippen LogP contribution in [0.3, 0.4) is 0 Å². The maximum Gasteiger partial charge on any atom is 0.0183 e. The van der Waals surface area contributed by atoms with Crippen molar-refractivity contribution in [3.8, 4) is 0 Å². The first-order valence-corrected chi connectivity index (χ1v) is 3.54. The summed E-state index contributed by atoms with van der Waals surface area (Å²) in [5.41, 5.74) is 0.630. The number of hydrogen-bond acceptors (Lipinski definition) is 1. The summed E-state index contributed by atoms with van der Waals surface area (Å²) in [6, 6.07) is 0. The molecule has 54 valence electrons. The zero-order valence-electron chi connectivity index (χ0n) is 5.81. The first-order chi connectivity index (χ1) is 3.85. The molecule has 1 N–H and O–H groups in total. The molecule has 3 fully saturated rings. The Morgan fingerprint density at radius 1 is 1.44 bits per heavy atom. The normalized spacial score (nSPS) is 45.7. The highest BCUT2D eigenvalue weighted by Crippen LogP contribution is 2.51. The van der Waals surface area contributed by atoms with Crippen LogP contribution in [0.1, 0.15) is 25.7 Å². The van der Waals surface area contributed by atoms with Crippen molar-refractivity contribution in [1.29, 1.82) is 0 Å². The first-order valence-electron chi connectivity index (χ1n) is 3.54. The van der Waals surface area contributed by atoms with Crippen LogP contribution in [0, 0.1) is 5.92 Å². The maximum atomic E-state index is 3.41. The van der Waals surface area contributed by atoms with Crippen LogP contribution in [-0.2, 0) is 0 Å².